The first-order valence-corrected chi connectivity index (χ1v) is 25.9. The van der Waals surface area contributed by atoms with Gasteiger partial charge in [0.25, 0.3) is 11.7 Å². The number of aliphatic imine (C=N–C) groups is 1. The lowest BCUT2D eigenvalue weighted by molar-refractivity contribution is -0.155. The molecule has 1 aliphatic carbocycles. The third-order valence-corrected chi connectivity index (χ3v) is 15.1. The van der Waals surface area contributed by atoms with E-state index in [9.17, 15) is 39.3 Å². The number of carbonyl (C=O) groups excluding carboxylic acids is 5. The number of esters is 1. The number of aliphatic hydroxyl groups is 2. The minimum Gasteiger partial charge on any atom is -0.507 e. The monoisotopic (exact) mass is 1000 g/mol. The molecule has 2 fully saturated rings. The third kappa shape index (κ3) is 11.5. The zero-order valence-corrected chi connectivity index (χ0v) is 43.2. The Morgan fingerprint density at radius 1 is 0.945 bits per heavy atom. The van der Waals surface area contributed by atoms with Gasteiger partial charge in [0.2, 0.25) is 11.7 Å². The van der Waals surface area contributed by atoms with Crippen molar-refractivity contribution in [1.29, 1.82) is 0 Å². The van der Waals surface area contributed by atoms with E-state index in [4.69, 9.17) is 19.2 Å². The van der Waals surface area contributed by atoms with Gasteiger partial charge in [-0.2, -0.15) is 0 Å². The third-order valence-electron chi connectivity index (χ3n) is 15.1. The van der Waals surface area contributed by atoms with Gasteiger partial charge in [-0.05, 0) is 50.7 Å². The molecule has 392 valence electrons. The van der Waals surface area contributed by atoms with Crippen LogP contribution in [0.1, 0.15) is 124 Å². The average Bonchev–Trinajstić information content (AvgIpc) is 3.73. The van der Waals surface area contributed by atoms with Gasteiger partial charge in [-0.3, -0.25) is 33.9 Å². The fourth-order valence-corrected chi connectivity index (χ4v) is 10.8. The number of fused-ring (bicyclic) bond motifs is 13. The molecule has 2 unspecified atom stereocenters. The molecule has 1 spiro atoms. The molecule has 2 aromatic carbocycles. The van der Waals surface area contributed by atoms with Crippen LogP contribution in [0.5, 0.6) is 11.5 Å². The van der Waals surface area contributed by atoms with Gasteiger partial charge in [-0.15, -0.1) is 0 Å². The van der Waals surface area contributed by atoms with Crippen molar-refractivity contribution < 1.29 is 53.5 Å². The lowest BCUT2D eigenvalue weighted by atomic mass is 9.82. The fourth-order valence-electron chi connectivity index (χ4n) is 10.8. The number of benzene rings is 2. The standard InChI is InChI=1S/C56H72N6O11/c1-33(2)31-61-24-20-56(21-25-61)58-46-43-44-50(67)37(6)52-45(43)53(69)55(7,73-52)71-28-12-11-19-39(72-42(65)30-41(64)62-23-14-22-60(26-27-62)32-38-17-9-8-10-18-38)29-40(63)36(5)49(66)34(3)15-13-16-35(4)54(70)57-48(51(44)68)47(46)59-56/h8-10,12-13,15-18,28,33-34,36,39-40,49,59,63,66-67H,11,14,19-27,29-32H2,1-7H3,(H,57,70)/b15-13+,28-12+,35-16-/t34?,36-,39+,40?,49-,55-/m0/s1. The molecule has 0 saturated carbocycles. The first-order valence-electron chi connectivity index (χ1n) is 25.9. The number of allylic oxidation sites excluding steroid dienone is 5. The van der Waals surface area contributed by atoms with E-state index in [2.05, 4.69) is 46.4 Å². The molecule has 9 rings (SSSR count). The van der Waals surface area contributed by atoms with Crippen molar-refractivity contribution in [1.82, 2.24) is 25.3 Å². The van der Waals surface area contributed by atoms with Gasteiger partial charge in [-0.1, -0.05) is 76.3 Å². The van der Waals surface area contributed by atoms with Crippen LogP contribution in [0.25, 0.3) is 0 Å². The normalized spacial score (nSPS) is 28.8. The van der Waals surface area contributed by atoms with Crippen molar-refractivity contribution in [2.24, 2.45) is 22.7 Å². The van der Waals surface area contributed by atoms with Gasteiger partial charge < -0.3 is 50.0 Å². The SMILES string of the molecule is C/C1=C/C=C/C(C)[C@H](O)[C@@H](C)C(O)C[C@H](OC(=O)CC(=O)N2CCCN(Cc3ccccc3)CC2)CC/C=C/O[C@@]2(C)Oc3c(C)c(O)c4c(c3C2=O)C2=NC3(CCN(CC(C)C)CC3)NC2=C(NC1=O)C4=O. The van der Waals surface area contributed by atoms with E-state index in [0.717, 1.165) is 26.1 Å². The zero-order chi connectivity index (χ0) is 52.4. The van der Waals surface area contributed by atoms with Crippen molar-refractivity contribution in [2.75, 3.05) is 45.8 Å². The predicted molar refractivity (Wildman–Crippen MR) is 273 cm³/mol. The Kier molecular flexibility index (Phi) is 16.1. The number of ketones is 2. The zero-order valence-electron chi connectivity index (χ0n) is 43.2. The molecule has 5 bridgehead atoms. The summed E-state index contributed by atoms with van der Waals surface area (Å²) in [6.45, 7) is 17.9. The number of piperidine rings is 1. The van der Waals surface area contributed by atoms with Gasteiger partial charge in [0.1, 0.15) is 35.4 Å². The lowest BCUT2D eigenvalue weighted by Crippen LogP contribution is -2.50. The molecule has 6 heterocycles. The van der Waals surface area contributed by atoms with Crippen molar-refractivity contribution in [3.63, 3.8) is 0 Å². The van der Waals surface area contributed by atoms with Crippen molar-refractivity contribution >= 4 is 35.1 Å². The summed E-state index contributed by atoms with van der Waals surface area (Å²) in [7, 11) is 0. The van der Waals surface area contributed by atoms with Crippen molar-refractivity contribution in [3.05, 3.63) is 106 Å². The van der Waals surface area contributed by atoms with E-state index in [1.165, 1.54) is 25.7 Å². The Bertz CT molecular complexity index is 2630. The minimum absolute atomic E-state index is 0.0218. The molecule has 5 N–H and O–H groups in total. The number of hydrogen-bond acceptors (Lipinski definition) is 15. The quantitative estimate of drug-likeness (QED) is 0.169. The highest BCUT2D eigenvalue weighted by atomic mass is 16.7. The van der Waals surface area contributed by atoms with Gasteiger partial charge in [0, 0.05) is 107 Å². The number of phenolic OH excluding ortho intramolecular Hbond substituents is 1. The number of nitrogens with one attached hydrogen (secondary N) is 2. The van der Waals surface area contributed by atoms with Crippen LogP contribution in [-0.4, -0.2) is 141 Å². The molecule has 6 aliphatic heterocycles. The van der Waals surface area contributed by atoms with E-state index >= 15 is 0 Å². The summed E-state index contributed by atoms with van der Waals surface area (Å²) in [5.41, 5.74) is 0.987. The smallest absolute Gasteiger partial charge is 0.315 e. The number of aromatic hydroxyl groups is 1. The summed E-state index contributed by atoms with van der Waals surface area (Å²) in [4.78, 5) is 82.2. The van der Waals surface area contributed by atoms with E-state index < -0.39 is 77.2 Å². The predicted octanol–water partition coefficient (Wildman–Crippen LogP) is 5.60. The van der Waals surface area contributed by atoms with Crippen LogP contribution in [0.15, 0.2) is 82.9 Å². The Labute approximate surface area is 428 Å². The average molecular weight is 1010 g/mol. The summed E-state index contributed by atoms with van der Waals surface area (Å²) >= 11 is 0. The second-order valence-electron chi connectivity index (χ2n) is 21.2. The Balaban J connectivity index is 1.06. The Morgan fingerprint density at radius 2 is 1.68 bits per heavy atom. The molecule has 17 heteroatoms. The summed E-state index contributed by atoms with van der Waals surface area (Å²) in [5, 5.41) is 41.2. The van der Waals surface area contributed by atoms with E-state index in [0.29, 0.717) is 51.5 Å². The first-order chi connectivity index (χ1) is 34.8. The largest absolute Gasteiger partial charge is 0.507 e. The molecule has 0 radical (unpaired) electrons. The number of ether oxygens (including phenoxy) is 3. The summed E-state index contributed by atoms with van der Waals surface area (Å²) in [6.07, 6.45) is 6.56. The van der Waals surface area contributed by atoms with Gasteiger partial charge in [0.05, 0.1) is 41.0 Å². The van der Waals surface area contributed by atoms with Crippen LogP contribution < -0.4 is 15.4 Å². The number of hydrogen-bond donors (Lipinski definition) is 5. The van der Waals surface area contributed by atoms with E-state index in [1.807, 2.05) is 18.2 Å². The van der Waals surface area contributed by atoms with Gasteiger partial charge in [-0.25, -0.2) is 0 Å². The van der Waals surface area contributed by atoms with E-state index in [-0.39, 0.29) is 75.9 Å². The van der Waals surface area contributed by atoms with Crippen molar-refractivity contribution in [2.45, 2.75) is 130 Å². The molecule has 0 aromatic heterocycles. The second kappa shape index (κ2) is 22.1. The molecule has 17 nitrogen and oxygen atoms in total. The molecule has 73 heavy (non-hydrogen) atoms. The maximum atomic E-state index is 14.8. The number of likely N-dealkylation sites (tertiary alicyclic amines) is 1. The highest BCUT2D eigenvalue weighted by Crippen LogP contribution is 2.50. The van der Waals surface area contributed by atoms with Gasteiger partial charge >= 0.3 is 11.8 Å². The van der Waals surface area contributed by atoms with Crippen LogP contribution in [0.4, 0.5) is 0 Å². The number of carbonyl (C=O) groups is 5. The first kappa shape index (κ1) is 53.2. The molecule has 2 saturated heterocycles. The number of nitrogens with zero attached hydrogens (tertiary/aromatic N) is 4. The molecular weight excluding hydrogens is 933 g/mol. The Morgan fingerprint density at radius 3 is 2.41 bits per heavy atom. The van der Waals surface area contributed by atoms with Crippen LogP contribution >= 0.6 is 0 Å². The summed E-state index contributed by atoms with van der Waals surface area (Å²) in [6, 6.07) is 10.1. The number of Topliss-reactive ketones (excluding diaryl/α,β-unsaturated/α-hetero) is 2. The number of phenols is 1. The highest BCUT2D eigenvalue weighted by molar-refractivity contribution is 6.34. The highest BCUT2D eigenvalue weighted by Gasteiger charge is 2.54. The molecule has 7 aliphatic rings. The van der Waals surface area contributed by atoms with Crippen molar-refractivity contribution in [3.8, 4) is 11.5 Å². The van der Waals surface area contributed by atoms with Gasteiger partial charge in [0.15, 0.2) is 0 Å². The number of aliphatic hydroxyl groups excluding tert-OH is 2. The fraction of sp³-hybridized carbons (Fsp3) is 0.536. The Hall–Kier alpha value is -6.14. The topological polar surface area (TPSA) is 220 Å². The number of rotatable bonds is 7. The second-order valence-corrected chi connectivity index (χ2v) is 21.2. The maximum Gasteiger partial charge on any atom is 0.315 e. The molecule has 6 atom stereocenters. The molecule has 2 aromatic rings. The molecule has 2 amide bonds. The number of amides is 2. The minimum atomic E-state index is -1.95. The van der Waals surface area contributed by atoms with E-state index in [1.54, 1.807) is 50.0 Å². The van der Waals surface area contributed by atoms with Crippen LogP contribution in [0.3, 0.4) is 0 Å². The van der Waals surface area contributed by atoms with Crippen LogP contribution in [0, 0.1) is 24.7 Å². The summed E-state index contributed by atoms with van der Waals surface area (Å²) < 4.78 is 18.3. The summed E-state index contributed by atoms with van der Waals surface area (Å²) in [5.74, 6) is -6.07. The lowest BCUT2D eigenvalue weighted by Gasteiger charge is -2.38. The molecular formula is C56H72N6O11. The van der Waals surface area contributed by atoms with Crippen LogP contribution in [0.2, 0.25) is 0 Å². The maximum absolute atomic E-state index is 14.8. The van der Waals surface area contributed by atoms with Crippen LogP contribution in [-0.2, 0) is 30.4 Å².